The SMILES string of the molecule is CCNC(CN(CC1CC1)C1CC1)C(=O)OC. The Labute approximate surface area is 104 Å². The summed E-state index contributed by atoms with van der Waals surface area (Å²) in [6, 6.07) is 0.561. The molecule has 0 aromatic carbocycles. The van der Waals surface area contributed by atoms with E-state index in [0.29, 0.717) is 0 Å². The third-order valence-electron chi connectivity index (χ3n) is 3.61. The molecule has 4 heteroatoms. The van der Waals surface area contributed by atoms with Gasteiger partial charge < -0.3 is 10.1 Å². The first-order chi connectivity index (χ1) is 8.24. The summed E-state index contributed by atoms with van der Waals surface area (Å²) in [5.74, 6) is 0.754. The van der Waals surface area contributed by atoms with Gasteiger partial charge in [0.05, 0.1) is 7.11 Å². The molecule has 0 bridgehead atoms. The molecule has 98 valence electrons. The highest BCUT2D eigenvalue weighted by Crippen LogP contribution is 2.34. The van der Waals surface area contributed by atoms with Crippen molar-refractivity contribution in [3.05, 3.63) is 0 Å². The molecule has 1 unspecified atom stereocenters. The number of hydrogen-bond donors (Lipinski definition) is 1. The van der Waals surface area contributed by atoms with Crippen molar-refractivity contribution in [2.75, 3.05) is 26.7 Å². The first-order valence-corrected chi connectivity index (χ1v) is 6.79. The molecule has 2 aliphatic rings. The summed E-state index contributed by atoms with van der Waals surface area (Å²) in [5, 5.41) is 3.22. The zero-order valence-corrected chi connectivity index (χ0v) is 10.9. The van der Waals surface area contributed by atoms with Gasteiger partial charge in [-0.1, -0.05) is 6.92 Å². The van der Waals surface area contributed by atoms with Crippen molar-refractivity contribution in [3.8, 4) is 0 Å². The van der Waals surface area contributed by atoms with Crippen LogP contribution in [0.3, 0.4) is 0 Å². The molecular weight excluding hydrogens is 216 g/mol. The number of likely N-dealkylation sites (N-methyl/N-ethyl adjacent to an activating group) is 1. The Balaban J connectivity index is 1.85. The minimum Gasteiger partial charge on any atom is -0.468 e. The maximum Gasteiger partial charge on any atom is 0.324 e. The smallest absolute Gasteiger partial charge is 0.324 e. The predicted octanol–water partition coefficient (Wildman–Crippen LogP) is 1.01. The van der Waals surface area contributed by atoms with Crippen LogP contribution in [0.4, 0.5) is 0 Å². The van der Waals surface area contributed by atoms with Gasteiger partial charge in [0.1, 0.15) is 6.04 Å². The maximum atomic E-state index is 11.7. The van der Waals surface area contributed by atoms with Crippen LogP contribution in [0.2, 0.25) is 0 Å². The molecule has 0 amide bonds. The van der Waals surface area contributed by atoms with Gasteiger partial charge in [-0.05, 0) is 38.1 Å². The number of nitrogens with zero attached hydrogens (tertiary/aromatic N) is 1. The van der Waals surface area contributed by atoms with Gasteiger partial charge in [0.2, 0.25) is 0 Å². The molecule has 4 nitrogen and oxygen atoms in total. The van der Waals surface area contributed by atoms with Crippen LogP contribution in [0.5, 0.6) is 0 Å². The first kappa shape index (κ1) is 12.8. The Morgan fingerprint density at radius 1 is 1.41 bits per heavy atom. The lowest BCUT2D eigenvalue weighted by Gasteiger charge is -2.26. The zero-order chi connectivity index (χ0) is 12.3. The summed E-state index contributed by atoms with van der Waals surface area (Å²) >= 11 is 0. The van der Waals surface area contributed by atoms with Crippen molar-refractivity contribution in [1.29, 1.82) is 0 Å². The van der Waals surface area contributed by atoms with Crippen LogP contribution in [-0.4, -0.2) is 49.7 Å². The molecule has 0 heterocycles. The minimum atomic E-state index is -0.163. The van der Waals surface area contributed by atoms with Crippen LogP contribution in [0.1, 0.15) is 32.6 Å². The largest absolute Gasteiger partial charge is 0.468 e. The molecular formula is C13H24N2O2. The number of nitrogens with one attached hydrogen (secondary N) is 1. The molecule has 1 N–H and O–H groups in total. The lowest BCUT2D eigenvalue weighted by Crippen LogP contribution is -2.47. The number of methoxy groups -OCH3 is 1. The Morgan fingerprint density at radius 2 is 2.12 bits per heavy atom. The van der Waals surface area contributed by atoms with Crippen molar-refractivity contribution in [3.63, 3.8) is 0 Å². The van der Waals surface area contributed by atoms with E-state index in [9.17, 15) is 4.79 Å². The number of esters is 1. The maximum absolute atomic E-state index is 11.7. The van der Waals surface area contributed by atoms with Gasteiger partial charge in [-0.2, -0.15) is 0 Å². The van der Waals surface area contributed by atoms with Crippen LogP contribution >= 0.6 is 0 Å². The molecule has 2 aliphatic carbocycles. The number of hydrogen-bond acceptors (Lipinski definition) is 4. The third kappa shape index (κ3) is 3.96. The Morgan fingerprint density at radius 3 is 2.59 bits per heavy atom. The van der Waals surface area contributed by atoms with Gasteiger partial charge in [-0.3, -0.25) is 9.69 Å². The lowest BCUT2D eigenvalue weighted by atomic mass is 10.2. The monoisotopic (exact) mass is 240 g/mol. The molecule has 2 fully saturated rings. The van der Waals surface area contributed by atoms with Crippen LogP contribution in [-0.2, 0) is 9.53 Å². The van der Waals surface area contributed by atoms with Crippen molar-refractivity contribution in [1.82, 2.24) is 10.2 Å². The van der Waals surface area contributed by atoms with Crippen molar-refractivity contribution in [2.45, 2.75) is 44.7 Å². The second-order valence-corrected chi connectivity index (χ2v) is 5.26. The zero-order valence-electron chi connectivity index (χ0n) is 10.9. The molecule has 17 heavy (non-hydrogen) atoms. The Bertz CT molecular complexity index is 262. The fraction of sp³-hybridized carbons (Fsp3) is 0.923. The Hall–Kier alpha value is -0.610. The number of carbonyl (C=O) groups excluding carboxylic acids is 1. The topological polar surface area (TPSA) is 41.6 Å². The van der Waals surface area contributed by atoms with E-state index >= 15 is 0 Å². The highest BCUT2D eigenvalue weighted by Gasteiger charge is 2.35. The average molecular weight is 240 g/mol. The average Bonchev–Trinajstić information content (AvgIpc) is 3.16. The standard InChI is InChI=1S/C13H24N2O2/c1-3-14-12(13(16)17-2)9-15(11-6-7-11)8-10-4-5-10/h10-12,14H,3-9H2,1-2H3. The van der Waals surface area contributed by atoms with Crippen LogP contribution in [0.25, 0.3) is 0 Å². The summed E-state index contributed by atoms with van der Waals surface area (Å²) in [6.45, 7) is 4.81. The number of ether oxygens (including phenoxy) is 1. The van der Waals surface area contributed by atoms with Crippen molar-refractivity contribution < 1.29 is 9.53 Å². The van der Waals surface area contributed by atoms with E-state index in [2.05, 4.69) is 10.2 Å². The van der Waals surface area contributed by atoms with Crippen LogP contribution in [0, 0.1) is 5.92 Å². The summed E-state index contributed by atoms with van der Waals surface area (Å²) < 4.78 is 4.86. The van der Waals surface area contributed by atoms with E-state index in [1.54, 1.807) is 0 Å². The fourth-order valence-corrected chi connectivity index (χ4v) is 2.29. The van der Waals surface area contributed by atoms with Crippen molar-refractivity contribution >= 4 is 5.97 Å². The molecule has 0 saturated heterocycles. The van der Waals surface area contributed by atoms with Crippen molar-refractivity contribution in [2.24, 2.45) is 5.92 Å². The van der Waals surface area contributed by atoms with E-state index in [4.69, 9.17) is 4.74 Å². The quantitative estimate of drug-likeness (QED) is 0.643. The normalized spacial score (nSPS) is 21.6. The highest BCUT2D eigenvalue weighted by molar-refractivity contribution is 5.75. The van der Waals surface area contributed by atoms with Gasteiger partial charge >= 0.3 is 5.97 Å². The summed E-state index contributed by atoms with van der Waals surface area (Å²) in [5.41, 5.74) is 0. The highest BCUT2D eigenvalue weighted by atomic mass is 16.5. The second kappa shape index (κ2) is 5.83. The van der Waals surface area contributed by atoms with Gasteiger partial charge in [0.25, 0.3) is 0 Å². The van der Waals surface area contributed by atoms with Gasteiger partial charge in [0, 0.05) is 19.1 Å². The summed E-state index contributed by atoms with van der Waals surface area (Å²) in [6.07, 6.45) is 5.33. The Kier molecular flexibility index (Phi) is 4.40. The van der Waals surface area contributed by atoms with Gasteiger partial charge in [0.15, 0.2) is 0 Å². The lowest BCUT2D eigenvalue weighted by molar-refractivity contribution is -0.143. The minimum absolute atomic E-state index is 0.131. The van der Waals surface area contributed by atoms with Gasteiger partial charge in [-0.25, -0.2) is 0 Å². The van der Waals surface area contributed by atoms with E-state index < -0.39 is 0 Å². The fourth-order valence-electron chi connectivity index (χ4n) is 2.29. The molecule has 2 rings (SSSR count). The molecule has 2 saturated carbocycles. The molecule has 0 aromatic heterocycles. The number of rotatable bonds is 8. The molecule has 0 aliphatic heterocycles. The van der Waals surface area contributed by atoms with E-state index in [1.165, 1.54) is 39.3 Å². The number of carbonyl (C=O) groups is 1. The molecule has 1 atom stereocenters. The first-order valence-electron chi connectivity index (χ1n) is 6.79. The molecule has 0 radical (unpaired) electrons. The summed E-state index contributed by atoms with van der Waals surface area (Å²) in [4.78, 5) is 14.2. The summed E-state index contributed by atoms with van der Waals surface area (Å²) in [7, 11) is 1.47. The van der Waals surface area contributed by atoms with E-state index in [1.807, 2.05) is 6.92 Å². The predicted molar refractivity (Wildman–Crippen MR) is 66.8 cm³/mol. The van der Waals surface area contributed by atoms with E-state index in [-0.39, 0.29) is 12.0 Å². The van der Waals surface area contributed by atoms with Crippen LogP contribution < -0.4 is 5.32 Å². The molecule has 0 spiro atoms. The molecule has 0 aromatic rings. The van der Waals surface area contributed by atoms with Gasteiger partial charge in [-0.15, -0.1) is 0 Å². The van der Waals surface area contributed by atoms with E-state index in [0.717, 1.165) is 25.0 Å². The third-order valence-corrected chi connectivity index (χ3v) is 3.61. The second-order valence-electron chi connectivity index (χ2n) is 5.26. The van der Waals surface area contributed by atoms with Crippen LogP contribution in [0.15, 0.2) is 0 Å².